The van der Waals surface area contributed by atoms with Crippen molar-refractivity contribution >= 4 is 21.9 Å². The molecule has 4 heteroatoms. The van der Waals surface area contributed by atoms with Crippen molar-refractivity contribution in [3.8, 4) is 0 Å². The summed E-state index contributed by atoms with van der Waals surface area (Å²) in [5.74, 6) is -0.281. The largest absolute Gasteiger partial charge is 0.462 e. The van der Waals surface area contributed by atoms with Crippen LogP contribution < -0.4 is 5.32 Å². The molecule has 1 rings (SSSR count). The molecule has 1 aromatic rings. The molecule has 0 saturated heterocycles. The van der Waals surface area contributed by atoms with E-state index >= 15 is 0 Å². The summed E-state index contributed by atoms with van der Waals surface area (Å²) in [5, 5.41) is 3.04. The maximum absolute atomic E-state index is 11.5. The fourth-order valence-corrected chi connectivity index (χ4v) is 1.83. The van der Waals surface area contributed by atoms with Gasteiger partial charge in [0.25, 0.3) is 0 Å². The van der Waals surface area contributed by atoms with E-state index in [2.05, 4.69) is 21.2 Å². The first-order valence-electron chi connectivity index (χ1n) is 4.78. The van der Waals surface area contributed by atoms with Gasteiger partial charge in [0.2, 0.25) is 0 Å². The van der Waals surface area contributed by atoms with Crippen molar-refractivity contribution in [3.05, 3.63) is 33.8 Å². The van der Waals surface area contributed by atoms with Gasteiger partial charge >= 0.3 is 5.97 Å². The van der Waals surface area contributed by atoms with E-state index in [9.17, 15) is 4.79 Å². The van der Waals surface area contributed by atoms with Crippen molar-refractivity contribution in [1.29, 1.82) is 0 Å². The molecule has 15 heavy (non-hydrogen) atoms. The van der Waals surface area contributed by atoms with Gasteiger partial charge in [0.15, 0.2) is 0 Å². The molecule has 0 radical (unpaired) electrons. The summed E-state index contributed by atoms with van der Waals surface area (Å²) in [6, 6.07) is 5.57. The van der Waals surface area contributed by atoms with E-state index < -0.39 is 0 Å². The fraction of sp³-hybridized carbons (Fsp3) is 0.364. The molecule has 0 saturated carbocycles. The van der Waals surface area contributed by atoms with Crippen molar-refractivity contribution in [2.45, 2.75) is 13.5 Å². The maximum Gasteiger partial charge on any atom is 0.338 e. The molecule has 0 aliphatic carbocycles. The fourth-order valence-electron chi connectivity index (χ4n) is 1.29. The minimum Gasteiger partial charge on any atom is -0.462 e. The highest BCUT2D eigenvalue weighted by Crippen LogP contribution is 2.16. The van der Waals surface area contributed by atoms with Crippen LogP contribution in [-0.4, -0.2) is 19.6 Å². The normalized spacial score (nSPS) is 10.1. The molecule has 0 bridgehead atoms. The van der Waals surface area contributed by atoms with Crippen molar-refractivity contribution in [2.24, 2.45) is 0 Å². The van der Waals surface area contributed by atoms with Crippen LogP contribution in [-0.2, 0) is 11.3 Å². The molecule has 0 aliphatic rings. The Kier molecular flexibility index (Phi) is 4.78. The standard InChI is InChI=1S/C11H14BrNO2/c1-3-15-11(14)9-4-8(7-13-2)5-10(12)6-9/h4-6,13H,3,7H2,1-2H3. The van der Waals surface area contributed by atoms with Crippen molar-refractivity contribution in [1.82, 2.24) is 5.32 Å². The van der Waals surface area contributed by atoms with Crippen LogP contribution in [0.4, 0.5) is 0 Å². The Morgan fingerprint density at radius 1 is 1.47 bits per heavy atom. The summed E-state index contributed by atoms with van der Waals surface area (Å²) >= 11 is 3.37. The Morgan fingerprint density at radius 2 is 2.20 bits per heavy atom. The molecular formula is C11H14BrNO2. The van der Waals surface area contributed by atoms with E-state index in [1.54, 1.807) is 13.0 Å². The number of nitrogens with one attached hydrogen (secondary N) is 1. The highest BCUT2D eigenvalue weighted by molar-refractivity contribution is 9.10. The molecule has 3 nitrogen and oxygen atoms in total. The number of hydrogen-bond donors (Lipinski definition) is 1. The molecule has 0 spiro atoms. The summed E-state index contributed by atoms with van der Waals surface area (Å²) in [6.07, 6.45) is 0. The van der Waals surface area contributed by atoms with Gasteiger partial charge in [0.05, 0.1) is 12.2 Å². The zero-order chi connectivity index (χ0) is 11.3. The number of esters is 1. The van der Waals surface area contributed by atoms with Gasteiger partial charge in [-0.1, -0.05) is 15.9 Å². The number of benzene rings is 1. The monoisotopic (exact) mass is 271 g/mol. The van der Waals surface area contributed by atoms with E-state index in [4.69, 9.17) is 4.74 Å². The average molecular weight is 272 g/mol. The first kappa shape index (κ1) is 12.2. The van der Waals surface area contributed by atoms with Crippen LogP contribution >= 0.6 is 15.9 Å². The van der Waals surface area contributed by atoms with Crippen LogP contribution in [0.2, 0.25) is 0 Å². The van der Waals surface area contributed by atoms with E-state index in [0.29, 0.717) is 12.2 Å². The topological polar surface area (TPSA) is 38.3 Å². The number of rotatable bonds is 4. The second-order valence-electron chi connectivity index (χ2n) is 3.10. The molecule has 82 valence electrons. The van der Waals surface area contributed by atoms with Gasteiger partial charge in [0, 0.05) is 11.0 Å². The lowest BCUT2D eigenvalue weighted by atomic mass is 10.1. The minimum atomic E-state index is -0.281. The van der Waals surface area contributed by atoms with Crippen molar-refractivity contribution in [2.75, 3.05) is 13.7 Å². The molecule has 0 heterocycles. The second-order valence-corrected chi connectivity index (χ2v) is 4.01. The van der Waals surface area contributed by atoms with Crippen LogP contribution in [0.5, 0.6) is 0 Å². The summed E-state index contributed by atoms with van der Waals surface area (Å²) in [7, 11) is 1.87. The van der Waals surface area contributed by atoms with Gasteiger partial charge in [0.1, 0.15) is 0 Å². The van der Waals surface area contributed by atoms with Gasteiger partial charge in [-0.25, -0.2) is 4.79 Å². The SMILES string of the molecule is CCOC(=O)c1cc(Br)cc(CNC)c1. The predicted octanol–water partition coefficient (Wildman–Crippen LogP) is 2.35. The highest BCUT2D eigenvalue weighted by atomic mass is 79.9. The van der Waals surface area contributed by atoms with Crippen LogP contribution in [0.15, 0.2) is 22.7 Å². The number of halogens is 1. The average Bonchev–Trinajstić information content (AvgIpc) is 2.17. The third kappa shape index (κ3) is 3.64. The van der Waals surface area contributed by atoms with Gasteiger partial charge in [-0.05, 0) is 37.7 Å². The second kappa shape index (κ2) is 5.88. The lowest BCUT2D eigenvalue weighted by molar-refractivity contribution is 0.0526. The Morgan fingerprint density at radius 3 is 2.80 bits per heavy atom. The molecule has 0 aliphatic heterocycles. The van der Waals surface area contributed by atoms with Crippen molar-refractivity contribution in [3.63, 3.8) is 0 Å². The van der Waals surface area contributed by atoms with Crippen LogP contribution in [0.25, 0.3) is 0 Å². The van der Waals surface area contributed by atoms with Crippen LogP contribution in [0.1, 0.15) is 22.8 Å². The first-order valence-corrected chi connectivity index (χ1v) is 5.58. The number of carbonyl (C=O) groups is 1. The lowest BCUT2D eigenvalue weighted by Crippen LogP contribution is -2.08. The number of carbonyl (C=O) groups excluding carboxylic acids is 1. The quantitative estimate of drug-likeness (QED) is 0.855. The zero-order valence-corrected chi connectivity index (χ0v) is 10.4. The predicted molar refractivity (Wildman–Crippen MR) is 62.9 cm³/mol. The molecule has 0 unspecified atom stereocenters. The molecule has 1 N–H and O–H groups in total. The van der Waals surface area contributed by atoms with Gasteiger partial charge < -0.3 is 10.1 Å². The number of ether oxygens (including phenoxy) is 1. The minimum absolute atomic E-state index is 0.281. The van der Waals surface area contributed by atoms with Crippen LogP contribution in [0, 0.1) is 0 Å². The van der Waals surface area contributed by atoms with E-state index in [-0.39, 0.29) is 5.97 Å². The third-order valence-corrected chi connectivity index (χ3v) is 2.31. The number of hydrogen-bond acceptors (Lipinski definition) is 3. The molecule has 0 atom stereocenters. The molecule has 1 aromatic carbocycles. The summed E-state index contributed by atoms with van der Waals surface area (Å²) in [5.41, 5.74) is 1.63. The first-order chi connectivity index (χ1) is 7.17. The van der Waals surface area contributed by atoms with Gasteiger partial charge in [-0.3, -0.25) is 0 Å². The lowest BCUT2D eigenvalue weighted by Gasteiger charge is -2.06. The highest BCUT2D eigenvalue weighted by Gasteiger charge is 2.08. The van der Waals surface area contributed by atoms with Gasteiger partial charge in [-0.15, -0.1) is 0 Å². The van der Waals surface area contributed by atoms with Gasteiger partial charge in [-0.2, -0.15) is 0 Å². The summed E-state index contributed by atoms with van der Waals surface area (Å²) < 4.78 is 5.82. The van der Waals surface area contributed by atoms with E-state index in [0.717, 1.165) is 16.6 Å². The Labute approximate surface area is 97.9 Å². The Hall–Kier alpha value is -0.870. The zero-order valence-electron chi connectivity index (χ0n) is 8.84. The Bertz CT molecular complexity index is 352. The summed E-state index contributed by atoms with van der Waals surface area (Å²) in [4.78, 5) is 11.5. The molecule has 0 amide bonds. The maximum atomic E-state index is 11.5. The summed E-state index contributed by atoms with van der Waals surface area (Å²) in [6.45, 7) is 2.92. The van der Waals surface area contributed by atoms with Crippen molar-refractivity contribution < 1.29 is 9.53 Å². The van der Waals surface area contributed by atoms with Crippen LogP contribution in [0.3, 0.4) is 0 Å². The van der Waals surface area contributed by atoms with E-state index in [1.807, 2.05) is 19.2 Å². The molecule has 0 fully saturated rings. The molecule has 0 aromatic heterocycles. The molecular weight excluding hydrogens is 258 g/mol. The third-order valence-electron chi connectivity index (χ3n) is 1.85. The smallest absolute Gasteiger partial charge is 0.338 e. The van der Waals surface area contributed by atoms with E-state index in [1.165, 1.54) is 0 Å². The Balaban J connectivity index is 2.92.